The van der Waals surface area contributed by atoms with Crippen molar-refractivity contribution in [1.82, 2.24) is 0 Å². The normalized spacial score (nSPS) is 12.6. The van der Waals surface area contributed by atoms with Crippen molar-refractivity contribution in [1.29, 1.82) is 0 Å². The Hall–Kier alpha value is -3.41. The van der Waals surface area contributed by atoms with E-state index in [1.54, 1.807) is 0 Å². The molecule has 1 atom stereocenters. The molecule has 0 aromatic rings. The molecule has 6 nitrogen and oxygen atoms in total. The molecule has 79 heavy (non-hydrogen) atoms. The minimum Gasteiger partial charge on any atom is -0.462 e. The van der Waals surface area contributed by atoms with E-state index in [9.17, 15) is 14.4 Å². The summed E-state index contributed by atoms with van der Waals surface area (Å²) < 4.78 is 16.9. The standard InChI is InChI=1S/C73H128O6/c1-4-7-10-13-16-19-22-25-27-29-30-31-32-33-34-35-36-37-38-39-40-41-42-44-45-48-51-54-57-60-63-66-72(75)78-69-70(68-77-71(74)65-62-59-56-53-50-47-24-21-18-15-12-9-6-3)79-73(76)67-64-61-58-55-52-49-46-43-28-26-23-20-17-14-11-8-5-2/h9,12,18,21-22,25-26,28-30,32-33,47,50,70H,4-8,10-11,13-17,19-20,23-24,27,31,34-46,48-49,51-69H2,1-3H3/b12-9-,21-18-,25-22-,28-26-,30-29-,33-32-,50-47-. The van der Waals surface area contributed by atoms with Crippen LogP contribution in [0.5, 0.6) is 0 Å². The number of allylic oxidation sites excluding steroid dienone is 14. The van der Waals surface area contributed by atoms with E-state index in [4.69, 9.17) is 14.2 Å². The van der Waals surface area contributed by atoms with E-state index in [-0.39, 0.29) is 31.1 Å². The smallest absolute Gasteiger partial charge is 0.306 e. The van der Waals surface area contributed by atoms with Crippen LogP contribution in [0.25, 0.3) is 0 Å². The van der Waals surface area contributed by atoms with Crippen molar-refractivity contribution in [2.75, 3.05) is 13.2 Å². The first kappa shape index (κ1) is 75.6. The lowest BCUT2D eigenvalue weighted by molar-refractivity contribution is -0.167. The van der Waals surface area contributed by atoms with E-state index in [1.165, 1.54) is 205 Å². The van der Waals surface area contributed by atoms with E-state index in [1.807, 2.05) is 0 Å². The molecule has 1 unspecified atom stereocenters. The van der Waals surface area contributed by atoms with Crippen LogP contribution in [0.2, 0.25) is 0 Å². The van der Waals surface area contributed by atoms with Gasteiger partial charge in [0.1, 0.15) is 13.2 Å². The van der Waals surface area contributed by atoms with Crippen LogP contribution in [0, 0.1) is 0 Å². The first-order valence-electron chi connectivity index (χ1n) is 34.1. The minimum atomic E-state index is -0.791. The zero-order valence-electron chi connectivity index (χ0n) is 52.4. The Morgan fingerprint density at radius 1 is 0.266 bits per heavy atom. The number of ether oxygens (including phenoxy) is 3. The van der Waals surface area contributed by atoms with Crippen LogP contribution < -0.4 is 0 Å². The second kappa shape index (κ2) is 67.1. The Morgan fingerprint density at radius 3 is 0.797 bits per heavy atom. The van der Waals surface area contributed by atoms with E-state index in [2.05, 4.69) is 106 Å². The fourth-order valence-corrected chi connectivity index (χ4v) is 9.76. The lowest BCUT2D eigenvalue weighted by Crippen LogP contribution is -2.30. The Balaban J connectivity index is 4.21. The highest BCUT2D eigenvalue weighted by Crippen LogP contribution is 2.17. The predicted octanol–water partition coefficient (Wildman–Crippen LogP) is 23.4. The molecular formula is C73H128O6. The molecule has 0 aromatic carbocycles. The largest absolute Gasteiger partial charge is 0.462 e. The van der Waals surface area contributed by atoms with E-state index in [0.717, 1.165) is 96.3 Å². The van der Waals surface area contributed by atoms with Crippen LogP contribution in [-0.2, 0) is 28.6 Å². The third-order valence-electron chi connectivity index (χ3n) is 14.9. The summed E-state index contributed by atoms with van der Waals surface area (Å²) in [6.07, 6.45) is 89.0. The monoisotopic (exact) mass is 1100 g/mol. The first-order valence-corrected chi connectivity index (χ1v) is 34.1. The molecule has 0 aliphatic carbocycles. The maximum atomic E-state index is 12.9. The average molecular weight is 1100 g/mol. The van der Waals surface area contributed by atoms with Gasteiger partial charge in [-0.15, -0.1) is 0 Å². The van der Waals surface area contributed by atoms with Crippen molar-refractivity contribution in [2.24, 2.45) is 0 Å². The zero-order chi connectivity index (χ0) is 57.1. The minimum absolute atomic E-state index is 0.0854. The molecule has 6 heteroatoms. The second-order valence-corrected chi connectivity index (χ2v) is 22.7. The molecule has 0 N–H and O–H groups in total. The van der Waals surface area contributed by atoms with Gasteiger partial charge in [0.2, 0.25) is 0 Å². The van der Waals surface area contributed by atoms with Crippen molar-refractivity contribution < 1.29 is 28.6 Å². The van der Waals surface area contributed by atoms with E-state index in [0.29, 0.717) is 19.3 Å². The Kier molecular flexibility index (Phi) is 64.2. The summed E-state index contributed by atoms with van der Waals surface area (Å²) in [6.45, 7) is 6.52. The van der Waals surface area contributed by atoms with Gasteiger partial charge in [0, 0.05) is 19.3 Å². The third-order valence-corrected chi connectivity index (χ3v) is 14.9. The molecule has 0 rings (SSSR count). The van der Waals surface area contributed by atoms with Gasteiger partial charge in [0.15, 0.2) is 6.10 Å². The van der Waals surface area contributed by atoms with Gasteiger partial charge in [0.25, 0.3) is 0 Å². The molecular weight excluding hydrogens is 973 g/mol. The molecule has 0 heterocycles. The number of rotatable bonds is 62. The van der Waals surface area contributed by atoms with Crippen molar-refractivity contribution in [3.05, 3.63) is 85.1 Å². The molecule has 0 spiro atoms. The molecule has 0 amide bonds. The van der Waals surface area contributed by atoms with Gasteiger partial charge < -0.3 is 14.2 Å². The molecule has 0 aromatic heterocycles. The highest BCUT2D eigenvalue weighted by molar-refractivity contribution is 5.71. The highest BCUT2D eigenvalue weighted by atomic mass is 16.6. The Morgan fingerprint density at radius 2 is 0.494 bits per heavy atom. The van der Waals surface area contributed by atoms with Crippen molar-refractivity contribution >= 4 is 17.9 Å². The number of esters is 3. The van der Waals surface area contributed by atoms with Crippen LogP contribution in [0.3, 0.4) is 0 Å². The maximum absolute atomic E-state index is 12.9. The Bertz CT molecular complexity index is 1500. The van der Waals surface area contributed by atoms with Gasteiger partial charge in [0.05, 0.1) is 0 Å². The topological polar surface area (TPSA) is 78.9 Å². The fraction of sp³-hybridized carbons (Fsp3) is 0.767. The molecule has 0 saturated heterocycles. The molecule has 0 aliphatic heterocycles. The van der Waals surface area contributed by atoms with E-state index >= 15 is 0 Å². The number of unbranched alkanes of at least 4 members (excludes halogenated alkanes) is 37. The van der Waals surface area contributed by atoms with Gasteiger partial charge in [-0.3, -0.25) is 14.4 Å². The van der Waals surface area contributed by atoms with Crippen LogP contribution in [0.1, 0.15) is 342 Å². The quantitative estimate of drug-likeness (QED) is 0.0261. The maximum Gasteiger partial charge on any atom is 0.306 e. The van der Waals surface area contributed by atoms with Crippen LogP contribution in [0.15, 0.2) is 85.1 Å². The molecule has 0 radical (unpaired) electrons. The van der Waals surface area contributed by atoms with Gasteiger partial charge in [-0.25, -0.2) is 0 Å². The highest BCUT2D eigenvalue weighted by Gasteiger charge is 2.19. The SMILES string of the molecule is CC/C=C\C/C=C\C/C=C\CCCCCC(=O)OCC(COC(=O)CCCCCCCCCCCCCCCCCC/C=C\C/C=C\C/C=C\CCCCCCC)OC(=O)CCCCCCCCC/C=C\CCCCCCCC. The molecule has 0 aliphatic rings. The summed E-state index contributed by atoms with van der Waals surface area (Å²) in [7, 11) is 0. The average Bonchev–Trinajstić information content (AvgIpc) is 3.45. The van der Waals surface area contributed by atoms with Crippen molar-refractivity contribution in [2.45, 2.75) is 348 Å². The van der Waals surface area contributed by atoms with Crippen LogP contribution >= 0.6 is 0 Å². The first-order chi connectivity index (χ1) is 39.0. The number of hydrogen-bond donors (Lipinski definition) is 0. The lowest BCUT2D eigenvalue weighted by atomic mass is 10.0. The fourth-order valence-electron chi connectivity index (χ4n) is 9.76. The summed E-state index contributed by atoms with van der Waals surface area (Å²) in [6, 6.07) is 0. The van der Waals surface area contributed by atoms with Gasteiger partial charge >= 0.3 is 17.9 Å². The predicted molar refractivity (Wildman–Crippen MR) is 344 cm³/mol. The van der Waals surface area contributed by atoms with Crippen molar-refractivity contribution in [3.8, 4) is 0 Å². The second-order valence-electron chi connectivity index (χ2n) is 22.7. The summed E-state index contributed by atoms with van der Waals surface area (Å²) in [5, 5.41) is 0. The number of carbonyl (C=O) groups excluding carboxylic acids is 3. The van der Waals surface area contributed by atoms with Crippen LogP contribution in [-0.4, -0.2) is 37.2 Å². The van der Waals surface area contributed by atoms with Gasteiger partial charge in [-0.1, -0.05) is 292 Å². The van der Waals surface area contributed by atoms with Gasteiger partial charge in [-0.05, 0) is 116 Å². The number of hydrogen-bond acceptors (Lipinski definition) is 6. The van der Waals surface area contributed by atoms with Gasteiger partial charge in [-0.2, -0.15) is 0 Å². The number of carbonyl (C=O) groups is 3. The summed E-state index contributed by atoms with van der Waals surface area (Å²) in [5.41, 5.74) is 0. The van der Waals surface area contributed by atoms with Crippen molar-refractivity contribution in [3.63, 3.8) is 0 Å². The molecule has 456 valence electrons. The van der Waals surface area contributed by atoms with E-state index < -0.39 is 6.10 Å². The third kappa shape index (κ3) is 65.3. The molecule has 0 bridgehead atoms. The zero-order valence-corrected chi connectivity index (χ0v) is 52.4. The molecule has 0 fully saturated rings. The lowest BCUT2D eigenvalue weighted by Gasteiger charge is -2.18. The van der Waals surface area contributed by atoms with Crippen LogP contribution in [0.4, 0.5) is 0 Å². The summed E-state index contributed by atoms with van der Waals surface area (Å²) in [4.78, 5) is 38.3. The summed E-state index contributed by atoms with van der Waals surface area (Å²) in [5.74, 6) is -0.907. The summed E-state index contributed by atoms with van der Waals surface area (Å²) >= 11 is 0. The molecule has 0 saturated carbocycles. The Labute approximate surface area is 490 Å².